The summed E-state index contributed by atoms with van der Waals surface area (Å²) >= 11 is 0. The molecule has 0 saturated heterocycles. The lowest BCUT2D eigenvalue weighted by Gasteiger charge is -2.43. The van der Waals surface area contributed by atoms with Crippen LogP contribution < -0.4 is 0 Å². The minimum Gasteiger partial charge on any atom is -0.478 e. The third kappa shape index (κ3) is 5.48. The molecule has 0 bridgehead atoms. The molecule has 0 saturated carbocycles. The molecule has 0 aromatic rings. The first-order valence-corrected chi connectivity index (χ1v) is 9.39. The van der Waals surface area contributed by atoms with E-state index in [2.05, 4.69) is 11.3 Å². The summed E-state index contributed by atoms with van der Waals surface area (Å²) in [5.74, 6) is -62.1. The molecule has 0 spiro atoms. The normalized spacial score (nSPS) is 16.1. The highest BCUT2D eigenvalue weighted by Crippen LogP contribution is 2.64. The number of esters is 1. The lowest BCUT2D eigenvalue weighted by molar-refractivity contribution is -0.463. The van der Waals surface area contributed by atoms with Crippen LogP contribution in [0.1, 0.15) is 20.3 Å². The van der Waals surface area contributed by atoms with Crippen LogP contribution in [0.5, 0.6) is 0 Å². The molecule has 0 rings (SSSR count). The van der Waals surface area contributed by atoms with E-state index in [1.165, 1.54) is 0 Å². The fraction of sp³-hybridized carbons (Fsp3) is 0.667. The minimum atomic E-state index is -8.78. The molecule has 1 unspecified atom stereocenters. The van der Waals surface area contributed by atoms with Gasteiger partial charge >= 0.3 is 59.6 Å². The Labute approximate surface area is 205 Å². The van der Waals surface area contributed by atoms with Crippen LogP contribution in [0, 0.1) is 0 Å². The van der Waals surface area contributed by atoms with Gasteiger partial charge < -0.3 is 9.84 Å². The van der Waals surface area contributed by atoms with Crippen molar-refractivity contribution in [3.8, 4) is 0 Å². The topological polar surface area (TPSA) is 63.6 Å². The Morgan fingerprint density at radius 2 is 1.05 bits per heavy atom. The van der Waals surface area contributed by atoms with Gasteiger partial charge in [-0.15, -0.1) is 0 Å². The number of carbonyl (C=O) groups excluding carboxylic acids is 1. The van der Waals surface area contributed by atoms with Crippen molar-refractivity contribution < 1.29 is 94.1 Å². The van der Waals surface area contributed by atoms with E-state index in [4.69, 9.17) is 5.11 Å². The maximum atomic E-state index is 14.1. The fourth-order valence-electron chi connectivity index (χ4n) is 2.33. The number of ether oxygens (including phenoxy) is 1. The number of aliphatic carboxylic acids is 1. The van der Waals surface area contributed by atoms with Gasteiger partial charge in [-0.05, 0) is 19.4 Å². The second-order valence-electron chi connectivity index (χ2n) is 7.47. The zero-order valence-corrected chi connectivity index (χ0v) is 18.7. The number of carboxylic acid groups (broad SMARTS) is 1. The molecule has 0 heterocycles. The molecule has 0 amide bonds. The Morgan fingerprint density at radius 1 is 0.718 bits per heavy atom. The SMILES string of the molecule is C=C(C=C(CC)C(=O)O)C(=O)OC(C)C(F)(F)C(F)(F)C(F)(F)C(F)(F)C(F)(F)C(F)(F)C(F)(F)C(F)(F)F. The third-order valence-electron chi connectivity index (χ3n) is 4.81. The van der Waals surface area contributed by atoms with Crippen LogP contribution in [-0.4, -0.2) is 70.8 Å². The predicted octanol–water partition coefficient (Wildman–Crippen LogP) is 6.90. The number of carboxylic acids is 1. The molecule has 0 aliphatic rings. The van der Waals surface area contributed by atoms with E-state index in [0.29, 0.717) is 0 Å². The van der Waals surface area contributed by atoms with E-state index >= 15 is 0 Å². The van der Waals surface area contributed by atoms with E-state index in [1.807, 2.05) is 0 Å². The Kier molecular flexibility index (Phi) is 9.59. The molecule has 39 heavy (non-hydrogen) atoms. The highest BCUT2D eigenvalue weighted by atomic mass is 19.4. The third-order valence-corrected chi connectivity index (χ3v) is 4.81. The number of halogens is 17. The van der Waals surface area contributed by atoms with Gasteiger partial charge in [-0.3, -0.25) is 0 Å². The quantitative estimate of drug-likeness (QED) is 0.112. The summed E-state index contributed by atoms with van der Waals surface area (Å²) in [6.45, 7) is 3.42. The van der Waals surface area contributed by atoms with Gasteiger partial charge in [0.25, 0.3) is 0 Å². The van der Waals surface area contributed by atoms with Gasteiger partial charge in [-0.1, -0.05) is 13.5 Å². The number of alkyl halides is 17. The first-order valence-electron chi connectivity index (χ1n) is 9.39. The molecule has 0 fully saturated rings. The minimum absolute atomic E-state index is 0.278. The van der Waals surface area contributed by atoms with Crippen molar-refractivity contribution in [3.05, 3.63) is 23.8 Å². The van der Waals surface area contributed by atoms with Gasteiger partial charge in [0.2, 0.25) is 0 Å². The zero-order valence-electron chi connectivity index (χ0n) is 18.7. The Morgan fingerprint density at radius 3 is 1.36 bits per heavy atom. The van der Waals surface area contributed by atoms with Crippen molar-refractivity contribution in [3.63, 3.8) is 0 Å². The smallest absolute Gasteiger partial charge is 0.460 e. The van der Waals surface area contributed by atoms with E-state index < -0.39 is 90.2 Å². The van der Waals surface area contributed by atoms with Gasteiger partial charge in [0, 0.05) is 5.57 Å². The standard InChI is InChI=1S/C18H13F17O4/c1-4-8(9(36)37)5-6(2)10(38)39-7(3)11(19,20)12(21,22)13(23,24)14(25,26)15(27,28)16(29,30)17(31,32)18(33,34)35/h5,7H,2,4H2,1,3H3,(H,36,37). The van der Waals surface area contributed by atoms with E-state index in [9.17, 15) is 84.2 Å². The second kappa shape index (κ2) is 10.3. The second-order valence-corrected chi connectivity index (χ2v) is 7.47. The summed E-state index contributed by atoms with van der Waals surface area (Å²) in [5, 5.41) is 8.75. The lowest BCUT2D eigenvalue weighted by atomic mass is 9.88. The summed E-state index contributed by atoms with van der Waals surface area (Å²) in [5.41, 5.74) is -1.98. The molecule has 1 atom stereocenters. The van der Waals surface area contributed by atoms with E-state index in [-0.39, 0.29) is 6.08 Å². The lowest BCUT2D eigenvalue weighted by Crippen LogP contribution is -2.75. The summed E-state index contributed by atoms with van der Waals surface area (Å²) in [6.07, 6.45) is -12.1. The van der Waals surface area contributed by atoms with Crippen LogP contribution in [0.3, 0.4) is 0 Å². The summed E-state index contributed by atoms with van der Waals surface area (Å²) in [6, 6.07) is 0. The van der Waals surface area contributed by atoms with Crippen LogP contribution in [0.4, 0.5) is 74.6 Å². The van der Waals surface area contributed by atoms with E-state index in [1.54, 1.807) is 0 Å². The molecule has 228 valence electrons. The average molecular weight is 616 g/mol. The van der Waals surface area contributed by atoms with Crippen LogP contribution in [0.25, 0.3) is 0 Å². The van der Waals surface area contributed by atoms with Crippen LogP contribution in [0.15, 0.2) is 23.8 Å². The molecule has 0 radical (unpaired) electrons. The molecule has 4 nitrogen and oxygen atoms in total. The van der Waals surface area contributed by atoms with Crippen molar-refractivity contribution in [2.75, 3.05) is 0 Å². The van der Waals surface area contributed by atoms with Crippen molar-refractivity contribution in [2.24, 2.45) is 0 Å². The molecule has 21 heteroatoms. The van der Waals surface area contributed by atoms with Crippen molar-refractivity contribution in [1.82, 2.24) is 0 Å². The van der Waals surface area contributed by atoms with Gasteiger partial charge in [-0.2, -0.15) is 74.6 Å². The zero-order chi connectivity index (χ0) is 32.0. The highest BCUT2D eigenvalue weighted by Gasteiger charge is 2.95. The van der Waals surface area contributed by atoms with Gasteiger partial charge in [0.05, 0.1) is 5.57 Å². The molecule has 0 aromatic heterocycles. The molecular formula is C18H13F17O4. The Hall–Kier alpha value is -2.77. The number of carbonyl (C=O) groups is 2. The highest BCUT2D eigenvalue weighted by molar-refractivity contribution is 5.95. The molecule has 0 aliphatic carbocycles. The molecule has 0 aliphatic heterocycles. The van der Waals surface area contributed by atoms with Crippen molar-refractivity contribution in [2.45, 2.75) is 74.0 Å². The Balaban J connectivity index is 6.58. The van der Waals surface area contributed by atoms with Crippen LogP contribution in [0.2, 0.25) is 0 Å². The first-order chi connectivity index (χ1) is 16.8. The predicted molar refractivity (Wildman–Crippen MR) is 91.4 cm³/mol. The van der Waals surface area contributed by atoms with E-state index in [0.717, 1.165) is 6.92 Å². The van der Waals surface area contributed by atoms with Gasteiger partial charge in [0.1, 0.15) is 0 Å². The maximum absolute atomic E-state index is 14.1. The largest absolute Gasteiger partial charge is 0.478 e. The van der Waals surface area contributed by atoms with Crippen molar-refractivity contribution >= 4 is 11.9 Å². The van der Waals surface area contributed by atoms with Gasteiger partial charge in [-0.25, -0.2) is 9.59 Å². The number of hydrogen-bond acceptors (Lipinski definition) is 3. The fourth-order valence-corrected chi connectivity index (χ4v) is 2.33. The monoisotopic (exact) mass is 616 g/mol. The Bertz CT molecular complexity index is 994. The number of hydrogen-bond donors (Lipinski definition) is 1. The molecule has 1 N–H and O–H groups in total. The van der Waals surface area contributed by atoms with Gasteiger partial charge in [0.15, 0.2) is 6.10 Å². The van der Waals surface area contributed by atoms with Crippen molar-refractivity contribution in [1.29, 1.82) is 0 Å². The average Bonchev–Trinajstić information content (AvgIpc) is 2.74. The molecular weight excluding hydrogens is 603 g/mol. The first kappa shape index (κ1) is 36.2. The maximum Gasteiger partial charge on any atom is 0.460 e. The number of rotatable bonds is 12. The molecule has 0 aromatic carbocycles. The summed E-state index contributed by atoms with van der Waals surface area (Å²) in [4.78, 5) is 22.5. The summed E-state index contributed by atoms with van der Waals surface area (Å²) < 4.78 is 230. The summed E-state index contributed by atoms with van der Waals surface area (Å²) in [7, 11) is 0. The van der Waals surface area contributed by atoms with Crippen LogP contribution >= 0.6 is 0 Å². The van der Waals surface area contributed by atoms with Crippen LogP contribution in [-0.2, 0) is 14.3 Å².